The number of alkyl halides is 3. The van der Waals surface area contributed by atoms with Crippen molar-refractivity contribution in [3.63, 3.8) is 0 Å². The van der Waals surface area contributed by atoms with Crippen LogP contribution in [0.3, 0.4) is 0 Å². The number of hydrogen-bond donors (Lipinski definition) is 1. The first-order chi connectivity index (χ1) is 13.3. The Morgan fingerprint density at radius 3 is 2.75 bits per heavy atom. The van der Waals surface area contributed by atoms with E-state index in [1.165, 1.54) is 0 Å². The first-order valence-electron chi connectivity index (χ1n) is 8.56. The summed E-state index contributed by atoms with van der Waals surface area (Å²) in [5.74, 6) is 0.0575. The Labute approximate surface area is 162 Å². The van der Waals surface area contributed by atoms with E-state index < -0.39 is 17.6 Å². The third-order valence-electron chi connectivity index (χ3n) is 4.60. The highest BCUT2D eigenvalue weighted by molar-refractivity contribution is 6.33. The molecule has 1 aromatic carbocycles. The molecule has 0 radical (unpaired) electrons. The summed E-state index contributed by atoms with van der Waals surface area (Å²) in [7, 11) is 0. The molecule has 2 aromatic heterocycles. The van der Waals surface area contributed by atoms with Crippen molar-refractivity contribution in [1.82, 2.24) is 14.9 Å². The third-order valence-corrected chi connectivity index (χ3v) is 4.93. The summed E-state index contributed by atoms with van der Waals surface area (Å²) in [6.45, 7) is 1.10. The van der Waals surface area contributed by atoms with Crippen molar-refractivity contribution in [2.24, 2.45) is 0 Å². The van der Waals surface area contributed by atoms with E-state index in [4.69, 9.17) is 16.0 Å². The first-order valence-corrected chi connectivity index (χ1v) is 8.94. The van der Waals surface area contributed by atoms with Crippen LogP contribution in [-0.4, -0.2) is 21.4 Å². The van der Waals surface area contributed by atoms with E-state index in [1.54, 1.807) is 6.07 Å². The Bertz CT molecular complexity index is 1070. The molecule has 1 aliphatic rings. The van der Waals surface area contributed by atoms with Gasteiger partial charge in [-0.3, -0.25) is 9.69 Å². The lowest BCUT2D eigenvalue weighted by Gasteiger charge is -2.27. The van der Waals surface area contributed by atoms with Crippen LogP contribution in [0.1, 0.15) is 22.8 Å². The minimum absolute atomic E-state index is 0.198. The highest BCUT2D eigenvalue weighted by Crippen LogP contribution is 2.30. The van der Waals surface area contributed by atoms with E-state index in [9.17, 15) is 18.0 Å². The zero-order chi connectivity index (χ0) is 19.9. The van der Waals surface area contributed by atoms with Crippen LogP contribution >= 0.6 is 11.6 Å². The Balaban J connectivity index is 1.52. The van der Waals surface area contributed by atoms with Gasteiger partial charge in [-0.15, -0.1) is 0 Å². The van der Waals surface area contributed by atoms with Crippen molar-refractivity contribution in [2.75, 3.05) is 6.54 Å². The van der Waals surface area contributed by atoms with Crippen LogP contribution in [0.2, 0.25) is 5.02 Å². The molecule has 146 valence electrons. The van der Waals surface area contributed by atoms with E-state index in [0.29, 0.717) is 29.6 Å². The summed E-state index contributed by atoms with van der Waals surface area (Å²) in [5, 5.41) is 0.577. The predicted octanol–water partition coefficient (Wildman–Crippen LogP) is 4.26. The van der Waals surface area contributed by atoms with Gasteiger partial charge in [0, 0.05) is 25.1 Å². The summed E-state index contributed by atoms with van der Waals surface area (Å²) >= 11 is 6.18. The Morgan fingerprint density at radius 1 is 1.21 bits per heavy atom. The second-order valence-electron chi connectivity index (χ2n) is 6.54. The number of H-pyrrole nitrogens is 1. The standard InChI is InChI=1S/C19H15ClF3N3O2/c20-14-4-2-1-3-12(14)16-6-5-11(28-16)9-26-8-7-15-13(10-26)17(27)25-18(24-15)19(21,22)23/h1-6H,7-10H2,(H,24,25,27). The van der Waals surface area contributed by atoms with Gasteiger partial charge in [-0.05, 0) is 24.3 Å². The predicted molar refractivity (Wildman–Crippen MR) is 96.8 cm³/mol. The van der Waals surface area contributed by atoms with Gasteiger partial charge >= 0.3 is 6.18 Å². The van der Waals surface area contributed by atoms with E-state index in [-0.39, 0.29) is 24.2 Å². The molecule has 5 nitrogen and oxygen atoms in total. The van der Waals surface area contributed by atoms with Gasteiger partial charge in [-0.2, -0.15) is 13.2 Å². The van der Waals surface area contributed by atoms with Gasteiger partial charge in [0.25, 0.3) is 5.56 Å². The van der Waals surface area contributed by atoms with Crippen LogP contribution in [0, 0.1) is 0 Å². The number of fused-ring (bicyclic) bond motifs is 1. The minimum atomic E-state index is -4.67. The molecule has 0 atom stereocenters. The van der Waals surface area contributed by atoms with Crippen LogP contribution in [-0.2, 0) is 25.7 Å². The van der Waals surface area contributed by atoms with Crippen LogP contribution < -0.4 is 5.56 Å². The minimum Gasteiger partial charge on any atom is -0.460 e. The first kappa shape index (κ1) is 18.8. The molecule has 0 fully saturated rings. The third kappa shape index (κ3) is 3.70. The topological polar surface area (TPSA) is 62.1 Å². The number of furan rings is 1. The molecule has 0 saturated heterocycles. The molecule has 0 bridgehead atoms. The van der Waals surface area contributed by atoms with Gasteiger partial charge in [0.05, 0.1) is 22.8 Å². The second kappa shape index (κ2) is 7.10. The van der Waals surface area contributed by atoms with Gasteiger partial charge < -0.3 is 9.40 Å². The molecule has 0 aliphatic carbocycles. The number of aromatic nitrogens is 2. The van der Waals surface area contributed by atoms with Crippen LogP contribution in [0.15, 0.2) is 45.6 Å². The molecule has 9 heteroatoms. The zero-order valence-electron chi connectivity index (χ0n) is 14.5. The largest absolute Gasteiger partial charge is 0.460 e. The maximum absolute atomic E-state index is 12.8. The Morgan fingerprint density at radius 2 is 2.00 bits per heavy atom. The monoisotopic (exact) mass is 409 g/mol. The molecule has 3 heterocycles. The number of nitrogens with zero attached hydrogens (tertiary/aromatic N) is 2. The van der Waals surface area contributed by atoms with E-state index in [1.807, 2.05) is 40.2 Å². The van der Waals surface area contributed by atoms with Gasteiger partial charge in [-0.1, -0.05) is 23.7 Å². The summed E-state index contributed by atoms with van der Waals surface area (Å²) in [4.78, 5) is 19.5. The van der Waals surface area contributed by atoms with Crippen LogP contribution in [0.4, 0.5) is 13.2 Å². The van der Waals surface area contributed by atoms with E-state index in [0.717, 1.165) is 5.56 Å². The molecule has 0 unspecified atom stereocenters. The van der Waals surface area contributed by atoms with Gasteiger partial charge in [0.1, 0.15) is 11.5 Å². The summed E-state index contributed by atoms with van der Waals surface area (Å²) in [5.41, 5.74) is 0.485. The number of benzene rings is 1. The van der Waals surface area contributed by atoms with Crippen molar-refractivity contribution in [3.8, 4) is 11.3 Å². The normalized spacial score (nSPS) is 14.9. The Hall–Kier alpha value is -2.58. The summed E-state index contributed by atoms with van der Waals surface area (Å²) in [6, 6.07) is 11.0. The average Bonchev–Trinajstić information content (AvgIpc) is 3.10. The lowest BCUT2D eigenvalue weighted by atomic mass is 10.1. The molecular formula is C19H15ClF3N3O2. The smallest absolute Gasteiger partial charge is 0.449 e. The fourth-order valence-corrected chi connectivity index (χ4v) is 3.47. The molecule has 0 spiro atoms. The lowest BCUT2D eigenvalue weighted by molar-refractivity contribution is -0.145. The van der Waals surface area contributed by atoms with Gasteiger partial charge in [0.15, 0.2) is 0 Å². The molecule has 4 rings (SSSR count). The fourth-order valence-electron chi connectivity index (χ4n) is 3.24. The molecule has 0 amide bonds. The fraction of sp³-hybridized carbons (Fsp3) is 0.263. The highest BCUT2D eigenvalue weighted by atomic mass is 35.5. The number of nitrogens with one attached hydrogen (secondary N) is 1. The number of halogens is 4. The maximum atomic E-state index is 12.8. The van der Waals surface area contributed by atoms with Crippen molar-refractivity contribution >= 4 is 11.6 Å². The average molecular weight is 410 g/mol. The van der Waals surface area contributed by atoms with E-state index >= 15 is 0 Å². The van der Waals surface area contributed by atoms with E-state index in [2.05, 4.69) is 4.98 Å². The number of aromatic amines is 1. The molecule has 3 aromatic rings. The van der Waals surface area contributed by atoms with Gasteiger partial charge in [0.2, 0.25) is 5.82 Å². The SMILES string of the molecule is O=c1[nH]c(C(F)(F)F)nc2c1CN(Cc1ccc(-c3ccccc3Cl)o1)CC2. The van der Waals surface area contributed by atoms with Crippen molar-refractivity contribution in [3.05, 3.63) is 74.6 Å². The van der Waals surface area contributed by atoms with Crippen molar-refractivity contribution in [1.29, 1.82) is 0 Å². The molecule has 28 heavy (non-hydrogen) atoms. The maximum Gasteiger partial charge on any atom is 0.449 e. The molecule has 1 N–H and O–H groups in total. The Kier molecular flexibility index (Phi) is 4.76. The molecule has 0 saturated carbocycles. The summed E-state index contributed by atoms with van der Waals surface area (Å²) in [6.07, 6.45) is -4.41. The van der Waals surface area contributed by atoms with Crippen LogP contribution in [0.5, 0.6) is 0 Å². The highest BCUT2D eigenvalue weighted by Gasteiger charge is 2.36. The lowest BCUT2D eigenvalue weighted by Crippen LogP contribution is -2.36. The quantitative estimate of drug-likeness (QED) is 0.702. The van der Waals surface area contributed by atoms with Crippen molar-refractivity contribution < 1.29 is 17.6 Å². The van der Waals surface area contributed by atoms with Crippen LogP contribution in [0.25, 0.3) is 11.3 Å². The number of hydrogen-bond acceptors (Lipinski definition) is 4. The zero-order valence-corrected chi connectivity index (χ0v) is 15.3. The summed E-state index contributed by atoms with van der Waals surface area (Å²) < 4.78 is 44.3. The molecule has 1 aliphatic heterocycles. The molecular weight excluding hydrogens is 395 g/mol. The van der Waals surface area contributed by atoms with Gasteiger partial charge in [-0.25, -0.2) is 4.98 Å². The number of rotatable bonds is 3. The second-order valence-corrected chi connectivity index (χ2v) is 6.95. The van der Waals surface area contributed by atoms with Crippen molar-refractivity contribution in [2.45, 2.75) is 25.7 Å².